The highest BCUT2D eigenvalue weighted by atomic mass is 16.6. The standard InChI is InChI=1S/C14H22N4O3/c1-4-16-11-5-12(7-13(6-11)18(20)21)17(8-10(2)3)9-14(15)19/h5-7,10,16H,4,8-9H2,1-3H3,(H2,15,19). The largest absolute Gasteiger partial charge is 0.385 e. The number of anilines is 2. The summed E-state index contributed by atoms with van der Waals surface area (Å²) in [6, 6.07) is 4.73. The maximum Gasteiger partial charge on any atom is 0.273 e. The molecule has 1 aromatic carbocycles. The SMILES string of the molecule is CCNc1cc(N(CC(N)=O)CC(C)C)cc([N+](=O)[O-])c1. The molecule has 1 aromatic rings. The number of rotatable bonds is 8. The first-order valence-corrected chi connectivity index (χ1v) is 6.90. The van der Waals surface area contributed by atoms with Gasteiger partial charge < -0.3 is 16.0 Å². The van der Waals surface area contributed by atoms with Gasteiger partial charge in [-0.15, -0.1) is 0 Å². The fourth-order valence-electron chi connectivity index (χ4n) is 2.08. The number of nitrogens with one attached hydrogen (secondary N) is 1. The number of carbonyl (C=O) groups excluding carboxylic acids is 1. The molecule has 0 fully saturated rings. The Kier molecular flexibility index (Phi) is 5.95. The monoisotopic (exact) mass is 294 g/mol. The van der Waals surface area contributed by atoms with E-state index >= 15 is 0 Å². The summed E-state index contributed by atoms with van der Waals surface area (Å²) in [5.74, 6) is -0.168. The van der Waals surface area contributed by atoms with Crippen molar-refractivity contribution in [2.75, 3.05) is 29.9 Å². The molecule has 7 heteroatoms. The number of hydrogen-bond acceptors (Lipinski definition) is 5. The molecule has 0 aliphatic carbocycles. The molecule has 0 unspecified atom stereocenters. The molecule has 0 saturated heterocycles. The van der Waals surface area contributed by atoms with Crippen molar-refractivity contribution < 1.29 is 9.72 Å². The van der Waals surface area contributed by atoms with Crippen molar-refractivity contribution in [2.24, 2.45) is 11.7 Å². The minimum absolute atomic E-state index is 0.0123. The number of nitrogens with zero attached hydrogens (tertiary/aromatic N) is 2. The topological polar surface area (TPSA) is 102 Å². The Morgan fingerprint density at radius 2 is 2.10 bits per heavy atom. The fraction of sp³-hybridized carbons (Fsp3) is 0.500. The van der Waals surface area contributed by atoms with Crippen molar-refractivity contribution in [1.29, 1.82) is 0 Å². The van der Waals surface area contributed by atoms with Gasteiger partial charge in [-0.1, -0.05) is 13.8 Å². The zero-order valence-corrected chi connectivity index (χ0v) is 12.6. The van der Waals surface area contributed by atoms with Crippen molar-refractivity contribution in [2.45, 2.75) is 20.8 Å². The van der Waals surface area contributed by atoms with Crippen molar-refractivity contribution in [3.8, 4) is 0 Å². The quantitative estimate of drug-likeness (QED) is 0.564. The Balaban J connectivity index is 3.20. The van der Waals surface area contributed by atoms with Gasteiger partial charge in [-0.2, -0.15) is 0 Å². The van der Waals surface area contributed by atoms with Gasteiger partial charge in [0, 0.05) is 36.6 Å². The molecular weight excluding hydrogens is 272 g/mol. The zero-order chi connectivity index (χ0) is 16.0. The summed E-state index contributed by atoms with van der Waals surface area (Å²) < 4.78 is 0. The van der Waals surface area contributed by atoms with Crippen LogP contribution in [0.25, 0.3) is 0 Å². The number of primary amides is 1. The molecule has 21 heavy (non-hydrogen) atoms. The van der Waals surface area contributed by atoms with Crippen LogP contribution in [0.4, 0.5) is 17.1 Å². The van der Waals surface area contributed by atoms with E-state index in [1.807, 2.05) is 20.8 Å². The van der Waals surface area contributed by atoms with Crippen LogP contribution in [-0.2, 0) is 4.79 Å². The van der Waals surface area contributed by atoms with Gasteiger partial charge in [-0.05, 0) is 18.9 Å². The van der Waals surface area contributed by atoms with Gasteiger partial charge in [0.15, 0.2) is 0 Å². The average molecular weight is 294 g/mol. The van der Waals surface area contributed by atoms with Gasteiger partial charge >= 0.3 is 0 Å². The maximum absolute atomic E-state index is 11.2. The lowest BCUT2D eigenvalue weighted by molar-refractivity contribution is -0.384. The van der Waals surface area contributed by atoms with Crippen LogP contribution in [0.1, 0.15) is 20.8 Å². The Morgan fingerprint density at radius 1 is 1.43 bits per heavy atom. The molecule has 0 aliphatic heterocycles. The van der Waals surface area contributed by atoms with Crippen LogP contribution >= 0.6 is 0 Å². The number of carbonyl (C=O) groups is 1. The Bertz CT molecular complexity index is 517. The van der Waals surface area contributed by atoms with Crippen molar-refractivity contribution in [3.63, 3.8) is 0 Å². The van der Waals surface area contributed by atoms with E-state index in [9.17, 15) is 14.9 Å². The van der Waals surface area contributed by atoms with Crippen LogP contribution in [0.15, 0.2) is 18.2 Å². The molecule has 7 nitrogen and oxygen atoms in total. The number of nitro benzene ring substituents is 1. The van der Waals surface area contributed by atoms with Gasteiger partial charge in [0.1, 0.15) is 0 Å². The highest BCUT2D eigenvalue weighted by molar-refractivity contribution is 5.80. The smallest absolute Gasteiger partial charge is 0.273 e. The lowest BCUT2D eigenvalue weighted by Gasteiger charge is -2.25. The van der Waals surface area contributed by atoms with E-state index in [2.05, 4.69) is 5.32 Å². The molecule has 3 N–H and O–H groups in total. The van der Waals surface area contributed by atoms with Crippen molar-refractivity contribution in [1.82, 2.24) is 0 Å². The molecule has 116 valence electrons. The van der Waals surface area contributed by atoms with Gasteiger partial charge in [-0.25, -0.2) is 0 Å². The summed E-state index contributed by atoms with van der Waals surface area (Å²) >= 11 is 0. The molecule has 0 heterocycles. The lowest BCUT2D eigenvalue weighted by Crippen LogP contribution is -2.36. The van der Waals surface area contributed by atoms with Crippen LogP contribution in [0.3, 0.4) is 0 Å². The van der Waals surface area contributed by atoms with E-state index < -0.39 is 10.8 Å². The van der Waals surface area contributed by atoms with Crippen molar-refractivity contribution in [3.05, 3.63) is 28.3 Å². The first kappa shape index (κ1) is 16.7. The second-order valence-electron chi connectivity index (χ2n) is 5.27. The minimum Gasteiger partial charge on any atom is -0.385 e. The maximum atomic E-state index is 11.2. The van der Waals surface area contributed by atoms with Gasteiger partial charge in [0.2, 0.25) is 5.91 Å². The van der Waals surface area contributed by atoms with E-state index in [4.69, 9.17) is 5.73 Å². The Labute approximate surface area is 124 Å². The molecule has 0 saturated carbocycles. The molecule has 0 radical (unpaired) electrons. The highest BCUT2D eigenvalue weighted by Gasteiger charge is 2.16. The summed E-state index contributed by atoms with van der Waals surface area (Å²) in [7, 11) is 0. The zero-order valence-electron chi connectivity index (χ0n) is 12.6. The van der Waals surface area contributed by atoms with Gasteiger partial charge in [0.05, 0.1) is 11.5 Å². The summed E-state index contributed by atoms with van der Waals surface area (Å²) in [5, 5.41) is 14.1. The van der Waals surface area contributed by atoms with Crippen LogP contribution < -0.4 is 16.0 Å². The third-order valence-electron chi connectivity index (χ3n) is 2.79. The van der Waals surface area contributed by atoms with E-state index in [1.54, 1.807) is 11.0 Å². The normalized spacial score (nSPS) is 10.5. The summed E-state index contributed by atoms with van der Waals surface area (Å²) in [6.07, 6.45) is 0. The number of non-ortho nitro benzene ring substituents is 1. The first-order chi connectivity index (χ1) is 9.83. The Hall–Kier alpha value is -2.31. The molecule has 0 atom stereocenters. The molecule has 0 bridgehead atoms. The molecular formula is C14H22N4O3. The molecule has 0 aliphatic rings. The second-order valence-corrected chi connectivity index (χ2v) is 5.27. The van der Waals surface area contributed by atoms with Crippen LogP contribution in [0.5, 0.6) is 0 Å². The number of nitro groups is 1. The first-order valence-electron chi connectivity index (χ1n) is 6.90. The minimum atomic E-state index is -0.466. The van der Waals surface area contributed by atoms with Crippen LogP contribution in [0.2, 0.25) is 0 Å². The molecule has 1 amide bonds. The van der Waals surface area contributed by atoms with E-state index in [-0.39, 0.29) is 12.2 Å². The van der Waals surface area contributed by atoms with E-state index in [0.29, 0.717) is 30.4 Å². The predicted molar refractivity (Wildman–Crippen MR) is 83.5 cm³/mol. The average Bonchev–Trinajstić information content (AvgIpc) is 2.36. The highest BCUT2D eigenvalue weighted by Crippen LogP contribution is 2.27. The number of nitrogens with two attached hydrogens (primary N) is 1. The van der Waals surface area contributed by atoms with E-state index in [0.717, 1.165) is 0 Å². The summed E-state index contributed by atoms with van der Waals surface area (Å²) in [5.41, 5.74) is 6.53. The fourth-order valence-corrected chi connectivity index (χ4v) is 2.08. The number of amides is 1. The number of benzene rings is 1. The Morgan fingerprint density at radius 3 is 2.57 bits per heavy atom. The molecule has 0 spiro atoms. The van der Waals surface area contributed by atoms with E-state index in [1.165, 1.54) is 12.1 Å². The number of hydrogen-bond donors (Lipinski definition) is 2. The summed E-state index contributed by atoms with van der Waals surface area (Å²) in [6.45, 7) is 7.21. The molecule has 1 rings (SSSR count). The van der Waals surface area contributed by atoms with Crippen LogP contribution in [0, 0.1) is 16.0 Å². The summed E-state index contributed by atoms with van der Waals surface area (Å²) in [4.78, 5) is 23.6. The third-order valence-corrected chi connectivity index (χ3v) is 2.79. The molecule has 0 aromatic heterocycles. The van der Waals surface area contributed by atoms with Crippen LogP contribution in [-0.4, -0.2) is 30.5 Å². The second kappa shape index (κ2) is 7.47. The van der Waals surface area contributed by atoms with Gasteiger partial charge in [-0.3, -0.25) is 14.9 Å². The predicted octanol–water partition coefficient (Wildman–Crippen LogP) is 1.97. The van der Waals surface area contributed by atoms with Gasteiger partial charge in [0.25, 0.3) is 5.69 Å². The third kappa shape index (κ3) is 5.29. The van der Waals surface area contributed by atoms with Crippen molar-refractivity contribution >= 4 is 23.0 Å². The lowest BCUT2D eigenvalue weighted by atomic mass is 10.1.